The van der Waals surface area contributed by atoms with E-state index in [2.05, 4.69) is 10.1 Å². The molecule has 0 radical (unpaired) electrons. The van der Waals surface area contributed by atoms with Gasteiger partial charge >= 0.3 is 5.97 Å². The Morgan fingerprint density at radius 2 is 2.12 bits per heavy atom. The maximum absolute atomic E-state index is 12.4. The lowest BCUT2D eigenvalue weighted by Crippen LogP contribution is -2.31. The Kier molecular flexibility index (Phi) is 4.42. The predicted molar refractivity (Wildman–Crippen MR) is 87.4 cm³/mol. The first kappa shape index (κ1) is 17.9. The van der Waals surface area contributed by atoms with E-state index < -0.39 is 27.8 Å². The zero-order chi connectivity index (χ0) is 19.1. The Morgan fingerprint density at radius 3 is 2.77 bits per heavy atom. The van der Waals surface area contributed by atoms with Crippen molar-refractivity contribution in [2.75, 3.05) is 32.1 Å². The van der Waals surface area contributed by atoms with Crippen LogP contribution in [0.1, 0.15) is 10.4 Å². The summed E-state index contributed by atoms with van der Waals surface area (Å²) in [4.78, 5) is 37.3. The second kappa shape index (κ2) is 6.42. The molecule has 0 spiro atoms. The third-order valence-corrected chi connectivity index (χ3v) is 5.35. The summed E-state index contributed by atoms with van der Waals surface area (Å²) in [6.45, 7) is -0.270. The van der Waals surface area contributed by atoms with Crippen LogP contribution < -0.4 is 10.0 Å². The first-order valence-corrected chi connectivity index (χ1v) is 8.96. The molecule has 3 rings (SSSR count). The number of rotatable bonds is 5. The highest BCUT2D eigenvalue weighted by Crippen LogP contribution is 2.28. The molecule has 0 aliphatic carbocycles. The highest BCUT2D eigenvalue weighted by molar-refractivity contribution is 7.90. The van der Waals surface area contributed by atoms with Gasteiger partial charge in [-0.25, -0.2) is 17.9 Å². The summed E-state index contributed by atoms with van der Waals surface area (Å²) in [5.74, 6) is -2.00. The van der Waals surface area contributed by atoms with Crippen LogP contribution in [0, 0.1) is 0 Å². The number of ether oxygens (including phenoxy) is 1. The van der Waals surface area contributed by atoms with E-state index in [1.54, 1.807) is 0 Å². The number of esters is 1. The third-order valence-electron chi connectivity index (χ3n) is 3.96. The Balaban J connectivity index is 1.96. The molecule has 2 amide bonds. The molecule has 0 atom stereocenters. The number of benzene rings is 1. The van der Waals surface area contributed by atoms with Crippen molar-refractivity contribution in [3.8, 4) is 0 Å². The molecule has 2 aliphatic heterocycles. The number of anilines is 1. The van der Waals surface area contributed by atoms with Gasteiger partial charge in [0, 0.05) is 12.2 Å². The van der Waals surface area contributed by atoms with Crippen LogP contribution in [0.2, 0.25) is 0 Å². The van der Waals surface area contributed by atoms with Crippen LogP contribution in [0.5, 0.6) is 0 Å². The van der Waals surface area contributed by atoms with Crippen LogP contribution in [-0.4, -0.2) is 63.0 Å². The lowest BCUT2D eigenvalue weighted by atomic mass is 10.1. The van der Waals surface area contributed by atoms with Gasteiger partial charge in [-0.3, -0.25) is 9.59 Å². The van der Waals surface area contributed by atoms with E-state index in [0.717, 1.165) is 0 Å². The molecule has 0 fully saturated rings. The lowest BCUT2D eigenvalue weighted by Gasteiger charge is -2.15. The van der Waals surface area contributed by atoms with Crippen LogP contribution in [0.15, 0.2) is 34.4 Å². The molecular formula is C15H15N3O7S. The van der Waals surface area contributed by atoms with Crippen LogP contribution in [0.4, 0.5) is 5.69 Å². The molecule has 0 bridgehead atoms. The minimum absolute atomic E-state index is 0.0335. The molecule has 138 valence electrons. The van der Waals surface area contributed by atoms with Crippen molar-refractivity contribution in [1.29, 1.82) is 0 Å². The molecule has 0 aromatic heterocycles. The summed E-state index contributed by atoms with van der Waals surface area (Å²) >= 11 is 0. The predicted octanol–water partition coefficient (Wildman–Crippen LogP) is -1.21. The number of hydrogen-bond acceptors (Lipinski definition) is 8. The molecule has 3 N–H and O–H groups in total. The van der Waals surface area contributed by atoms with E-state index in [4.69, 9.17) is 5.11 Å². The number of carbonyl (C=O) groups excluding carboxylic acids is 3. The molecule has 10 nitrogen and oxygen atoms in total. The number of nitrogens with zero attached hydrogens (tertiary/aromatic N) is 1. The number of carbonyl (C=O) groups is 3. The van der Waals surface area contributed by atoms with Crippen LogP contribution in [-0.2, 0) is 24.3 Å². The monoisotopic (exact) mass is 381 g/mol. The van der Waals surface area contributed by atoms with Crippen molar-refractivity contribution < 1.29 is 32.6 Å². The molecule has 0 saturated carbocycles. The van der Waals surface area contributed by atoms with E-state index in [1.807, 2.05) is 4.72 Å². The van der Waals surface area contributed by atoms with Gasteiger partial charge in [-0.15, -0.1) is 0 Å². The fourth-order valence-corrected chi connectivity index (χ4v) is 3.90. The highest BCUT2D eigenvalue weighted by atomic mass is 32.2. The minimum Gasteiger partial charge on any atom is -0.466 e. The van der Waals surface area contributed by atoms with E-state index >= 15 is 0 Å². The van der Waals surface area contributed by atoms with E-state index in [-0.39, 0.29) is 47.1 Å². The zero-order valence-electron chi connectivity index (χ0n) is 13.6. The summed E-state index contributed by atoms with van der Waals surface area (Å²) in [5.41, 5.74) is 0.217. The Hall–Kier alpha value is -2.92. The number of fused-ring (bicyclic) bond motifs is 1. The molecule has 2 heterocycles. The van der Waals surface area contributed by atoms with Crippen molar-refractivity contribution in [3.63, 3.8) is 0 Å². The molecular weight excluding hydrogens is 366 g/mol. The largest absolute Gasteiger partial charge is 0.466 e. The number of aliphatic hydroxyl groups excluding tert-OH is 1. The Bertz CT molecular complexity index is 952. The van der Waals surface area contributed by atoms with Gasteiger partial charge in [0.25, 0.3) is 21.8 Å². The van der Waals surface area contributed by atoms with Gasteiger partial charge in [0.1, 0.15) is 10.6 Å². The minimum atomic E-state index is -3.87. The van der Waals surface area contributed by atoms with Gasteiger partial charge in [-0.1, -0.05) is 0 Å². The summed E-state index contributed by atoms with van der Waals surface area (Å²) in [6, 6.07) is 3.88. The SMILES string of the molecule is COC(=O)C1=C(Nc2ccc3c(c2)C(=O)NS3(=O)=O)C(=O)N(CCO)C1. The first-order valence-electron chi connectivity index (χ1n) is 7.48. The molecule has 2 aliphatic rings. The van der Waals surface area contributed by atoms with Crippen LogP contribution in [0.25, 0.3) is 0 Å². The smallest absolute Gasteiger partial charge is 0.337 e. The van der Waals surface area contributed by atoms with Crippen molar-refractivity contribution in [2.24, 2.45) is 0 Å². The van der Waals surface area contributed by atoms with E-state index in [9.17, 15) is 22.8 Å². The molecule has 0 unspecified atom stereocenters. The van der Waals surface area contributed by atoms with Crippen LogP contribution in [0.3, 0.4) is 0 Å². The Labute approximate surface area is 148 Å². The third kappa shape index (κ3) is 2.91. The zero-order valence-corrected chi connectivity index (χ0v) is 14.4. The van der Waals surface area contributed by atoms with Gasteiger partial charge in [0.05, 0.1) is 31.4 Å². The van der Waals surface area contributed by atoms with Crippen molar-refractivity contribution in [2.45, 2.75) is 4.90 Å². The van der Waals surface area contributed by atoms with Crippen LogP contribution >= 0.6 is 0 Å². The number of nitrogens with one attached hydrogen (secondary N) is 2. The molecule has 1 aromatic carbocycles. The highest BCUT2D eigenvalue weighted by Gasteiger charge is 2.36. The average molecular weight is 381 g/mol. The first-order chi connectivity index (χ1) is 12.3. The number of sulfonamides is 1. The molecule has 1 aromatic rings. The standard InChI is InChI=1S/C15H15N3O7S/c1-25-15(22)10-7-18(4-5-19)14(21)12(10)16-8-2-3-11-9(6-8)13(20)17-26(11,23)24/h2-3,6,16,19H,4-5,7H2,1H3,(H,17,20). The van der Waals surface area contributed by atoms with Crippen molar-refractivity contribution in [3.05, 3.63) is 35.0 Å². The quantitative estimate of drug-likeness (QED) is 0.540. The fourth-order valence-electron chi connectivity index (χ4n) is 2.74. The maximum Gasteiger partial charge on any atom is 0.337 e. The lowest BCUT2D eigenvalue weighted by molar-refractivity contribution is -0.136. The number of amides is 2. The van der Waals surface area contributed by atoms with E-state index in [0.29, 0.717) is 0 Å². The van der Waals surface area contributed by atoms with Crippen molar-refractivity contribution in [1.82, 2.24) is 9.62 Å². The normalized spacial score (nSPS) is 18.0. The average Bonchev–Trinajstić information content (AvgIpc) is 3.02. The number of hydrogen-bond donors (Lipinski definition) is 3. The summed E-state index contributed by atoms with van der Waals surface area (Å²) in [7, 11) is -2.69. The Morgan fingerprint density at radius 1 is 1.38 bits per heavy atom. The maximum atomic E-state index is 12.4. The fraction of sp³-hybridized carbons (Fsp3) is 0.267. The second-order valence-corrected chi connectivity index (χ2v) is 7.22. The van der Waals surface area contributed by atoms with Crippen molar-refractivity contribution >= 4 is 33.5 Å². The van der Waals surface area contributed by atoms with Gasteiger partial charge < -0.3 is 20.1 Å². The van der Waals surface area contributed by atoms with Gasteiger partial charge in [-0.05, 0) is 18.2 Å². The topological polar surface area (TPSA) is 142 Å². The van der Waals surface area contributed by atoms with Gasteiger partial charge in [0.15, 0.2) is 0 Å². The molecule has 0 saturated heterocycles. The number of methoxy groups -OCH3 is 1. The summed E-state index contributed by atoms with van der Waals surface area (Å²) in [5, 5.41) is 11.8. The molecule has 26 heavy (non-hydrogen) atoms. The number of aliphatic hydroxyl groups is 1. The summed E-state index contributed by atoms with van der Waals surface area (Å²) in [6.07, 6.45) is 0. The number of β-amino-alcohol motifs (C(OH)–C–C–N with tert-alkyl or cyclic N) is 1. The molecule has 11 heteroatoms. The second-order valence-electron chi connectivity index (χ2n) is 5.57. The van der Waals surface area contributed by atoms with E-state index in [1.165, 1.54) is 30.2 Å². The van der Waals surface area contributed by atoms with Gasteiger partial charge in [0.2, 0.25) is 0 Å². The summed E-state index contributed by atoms with van der Waals surface area (Å²) < 4.78 is 30.1. The van der Waals surface area contributed by atoms with Gasteiger partial charge in [-0.2, -0.15) is 0 Å².